The van der Waals surface area contributed by atoms with Crippen molar-refractivity contribution in [3.8, 4) is 0 Å². The van der Waals surface area contributed by atoms with E-state index < -0.39 is 0 Å². The normalized spacial score (nSPS) is 15.0. The van der Waals surface area contributed by atoms with E-state index in [1.807, 2.05) is 0 Å². The van der Waals surface area contributed by atoms with E-state index in [1.165, 1.54) is 0 Å². The van der Waals surface area contributed by atoms with Crippen LogP contribution in [0.3, 0.4) is 0 Å². The number of allylic oxidation sites excluding steroid dienone is 2. The van der Waals surface area contributed by atoms with Crippen molar-refractivity contribution in [3.63, 3.8) is 0 Å². The van der Waals surface area contributed by atoms with Crippen LogP contribution in [0.1, 0.15) is 6.92 Å². The molecule has 3 heteroatoms. The Morgan fingerprint density at radius 2 is 1.67 bits per heavy atom. The number of nitrogens with zero attached hydrogens (tertiary/aromatic N) is 2. The predicted octanol–water partition coefficient (Wildman–Crippen LogP) is 2.58. The first-order chi connectivity index (χ1) is 6.66. The van der Waals surface area contributed by atoms with Crippen molar-refractivity contribution in [1.82, 2.24) is 0 Å². The Hall–Kier alpha value is -0.120. The maximum atomic E-state index is 3.57. The first-order valence-corrected chi connectivity index (χ1v) is 6.13. The van der Waals surface area contributed by atoms with Crippen LogP contribution in [-0.2, 0) is 0 Å². The molecule has 0 unspecified atom stereocenters. The second-order valence-corrected chi connectivity index (χ2v) is 6.37. The standard InChI is InChI=1S/C12H25BrN2/c1-7-15(5,6)11-9-12(13)8-10-14(2,3)4/h8-10H,7,11H2,1-6H3/q+2/b10-8+,12-9-. The summed E-state index contributed by atoms with van der Waals surface area (Å²) in [6.07, 6.45) is 6.51. The topological polar surface area (TPSA) is 0 Å². The Balaban J connectivity index is 4.29. The summed E-state index contributed by atoms with van der Waals surface area (Å²) in [4.78, 5) is 0. The lowest BCUT2D eigenvalue weighted by atomic mass is 10.4. The molecule has 2 nitrogen and oxygen atoms in total. The van der Waals surface area contributed by atoms with Crippen LogP contribution in [0.5, 0.6) is 0 Å². The van der Waals surface area contributed by atoms with E-state index >= 15 is 0 Å². The Labute approximate surface area is 103 Å². The zero-order valence-corrected chi connectivity index (χ0v) is 12.5. The molecule has 0 amide bonds. The van der Waals surface area contributed by atoms with Gasteiger partial charge in [0.1, 0.15) is 0 Å². The fraction of sp³-hybridized carbons (Fsp3) is 0.667. The van der Waals surface area contributed by atoms with Gasteiger partial charge in [-0.25, -0.2) is 0 Å². The molecular weight excluding hydrogens is 252 g/mol. The fourth-order valence-electron chi connectivity index (χ4n) is 0.826. The van der Waals surface area contributed by atoms with Gasteiger partial charge >= 0.3 is 0 Å². The Bertz CT molecular complexity index is 247. The molecule has 0 aromatic carbocycles. The Kier molecular flexibility index (Phi) is 5.78. The summed E-state index contributed by atoms with van der Waals surface area (Å²) in [7, 11) is 10.9. The molecule has 0 heterocycles. The number of hydrogen-bond acceptors (Lipinski definition) is 0. The third kappa shape index (κ3) is 8.85. The van der Waals surface area contributed by atoms with Crippen LogP contribution in [-0.4, -0.2) is 57.3 Å². The largest absolute Gasteiger partial charge is 0.325 e. The van der Waals surface area contributed by atoms with Crippen LogP contribution in [0.15, 0.2) is 22.8 Å². The summed E-state index contributed by atoms with van der Waals surface area (Å²) in [5.74, 6) is 0. The lowest BCUT2D eigenvalue weighted by Crippen LogP contribution is -2.39. The van der Waals surface area contributed by atoms with Crippen LogP contribution in [0.25, 0.3) is 0 Å². The van der Waals surface area contributed by atoms with Crippen molar-refractivity contribution in [2.24, 2.45) is 0 Å². The Morgan fingerprint density at radius 1 is 1.13 bits per heavy atom. The third-order valence-electron chi connectivity index (χ3n) is 2.32. The molecule has 0 aliphatic rings. The van der Waals surface area contributed by atoms with Crippen LogP contribution in [0.4, 0.5) is 0 Å². The molecule has 0 N–H and O–H groups in total. The number of rotatable bonds is 5. The van der Waals surface area contributed by atoms with E-state index in [2.05, 4.69) is 76.4 Å². The molecule has 0 aliphatic heterocycles. The Morgan fingerprint density at radius 3 is 2.07 bits per heavy atom. The summed E-state index contributed by atoms with van der Waals surface area (Å²) >= 11 is 3.57. The summed E-state index contributed by atoms with van der Waals surface area (Å²) in [6, 6.07) is 0. The van der Waals surface area contributed by atoms with Crippen LogP contribution in [0.2, 0.25) is 0 Å². The summed E-state index contributed by atoms with van der Waals surface area (Å²) in [5, 5.41) is 0. The van der Waals surface area contributed by atoms with Gasteiger partial charge in [-0.1, -0.05) is 15.9 Å². The van der Waals surface area contributed by atoms with Crippen molar-refractivity contribution in [2.45, 2.75) is 6.92 Å². The minimum Gasteiger partial charge on any atom is -0.325 e. The molecule has 15 heavy (non-hydrogen) atoms. The zero-order valence-electron chi connectivity index (χ0n) is 10.9. The van der Waals surface area contributed by atoms with Gasteiger partial charge in [0.15, 0.2) is 0 Å². The van der Waals surface area contributed by atoms with Gasteiger partial charge in [0.05, 0.1) is 54.5 Å². The third-order valence-corrected chi connectivity index (χ3v) is 2.91. The maximum absolute atomic E-state index is 3.57. The molecule has 0 rings (SSSR count). The number of quaternary nitrogens is 2. The molecule has 0 fully saturated rings. The van der Waals surface area contributed by atoms with Crippen molar-refractivity contribution in [3.05, 3.63) is 22.8 Å². The molecular formula is C12H25BrN2+2. The maximum Gasteiger partial charge on any atom is 0.0983 e. The van der Waals surface area contributed by atoms with Crippen LogP contribution in [0, 0.1) is 0 Å². The second-order valence-electron chi connectivity index (χ2n) is 5.46. The summed E-state index contributed by atoms with van der Waals surface area (Å²) in [6.45, 7) is 4.41. The van der Waals surface area contributed by atoms with Crippen LogP contribution >= 0.6 is 15.9 Å². The van der Waals surface area contributed by atoms with Crippen molar-refractivity contribution in [1.29, 1.82) is 0 Å². The number of halogens is 1. The smallest absolute Gasteiger partial charge is 0.0983 e. The first kappa shape index (κ1) is 14.9. The van der Waals surface area contributed by atoms with E-state index in [0.717, 1.165) is 26.5 Å². The van der Waals surface area contributed by atoms with E-state index in [9.17, 15) is 0 Å². The van der Waals surface area contributed by atoms with Gasteiger partial charge in [0.25, 0.3) is 0 Å². The highest BCUT2D eigenvalue weighted by Crippen LogP contribution is 2.09. The lowest BCUT2D eigenvalue weighted by molar-refractivity contribution is -0.882. The van der Waals surface area contributed by atoms with Gasteiger partial charge in [0.2, 0.25) is 0 Å². The van der Waals surface area contributed by atoms with E-state index in [-0.39, 0.29) is 0 Å². The molecule has 0 saturated carbocycles. The molecule has 0 atom stereocenters. The van der Waals surface area contributed by atoms with Crippen molar-refractivity contribution < 1.29 is 8.97 Å². The first-order valence-electron chi connectivity index (χ1n) is 5.34. The molecule has 0 spiro atoms. The SMILES string of the molecule is CC[N+](C)(C)C/C=C(Br)/C=C/[N+](C)(C)C. The highest BCUT2D eigenvalue weighted by Gasteiger charge is 2.08. The van der Waals surface area contributed by atoms with Gasteiger partial charge in [-0.3, -0.25) is 0 Å². The minimum absolute atomic E-state index is 0.842. The number of hydrogen-bond donors (Lipinski definition) is 0. The van der Waals surface area contributed by atoms with Crippen LogP contribution < -0.4 is 0 Å². The molecule has 0 radical (unpaired) electrons. The quantitative estimate of drug-likeness (QED) is 0.535. The van der Waals surface area contributed by atoms with E-state index in [0.29, 0.717) is 0 Å². The van der Waals surface area contributed by atoms with Gasteiger partial charge in [-0.2, -0.15) is 0 Å². The average Bonchev–Trinajstić information content (AvgIpc) is 2.10. The summed E-state index contributed by atoms with van der Waals surface area (Å²) in [5.41, 5.74) is 0. The molecule has 0 aromatic heterocycles. The number of likely N-dealkylation sites (N-methyl/N-ethyl adjacent to an activating group) is 1. The van der Waals surface area contributed by atoms with E-state index in [1.54, 1.807) is 0 Å². The molecule has 0 aromatic rings. The molecule has 88 valence electrons. The predicted molar refractivity (Wildman–Crippen MR) is 71.7 cm³/mol. The monoisotopic (exact) mass is 276 g/mol. The zero-order chi connectivity index (χ0) is 12.1. The fourth-order valence-corrected chi connectivity index (χ4v) is 1.09. The highest BCUT2D eigenvalue weighted by molar-refractivity contribution is 9.11. The summed E-state index contributed by atoms with van der Waals surface area (Å²) < 4.78 is 3.03. The van der Waals surface area contributed by atoms with Gasteiger partial charge < -0.3 is 8.97 Å². The minimum atomic E-state index is 0.842. The average molecular weight is 277 g/mol. The van der Waals surface area contributed by atoms with Gasteiger partial charge in [-0.05, 0) is 13.0 Å². The second kappa shape index (κ2) is 5.83. The van der Waals surface area contributed by atoms with Crippen molar-refractivity contribution >= 4 is 15.9 Å². The van der Waals surface area contributed by atoms with Gasteiger partial charge in [0, 0.05) is 10.6 Å². The molecule has 0 aliphatic carbocycles. The van der Waals surface area contributed by atoms with Gasteiger partial charge in [-0.15, -0.1) is 0 Å². The molecule has 0 saturated heterocycles. The van der Waals surface area contributed by atoms with Crippen molar-refractivity contribution in [2.75, 3.05) is 48.3 Å². The van der Waals surface area contributed by atoms with E-state index in [4.69, 9.17) is 0 Å². The highest BCUT2D eigenvalue weighted by atomic mass is 79.9. The lowest BCUT2D eigenvalue weighted by Gasteiger charge is -2.26. The molecule has 0 bridgehead atoms.